The van der Waals surface area contributed by atoms with Crippen LogP contribution in [0.25, 0.3) is 11.0 Å². The van der Waals surface area contributed by atoms with E-state index in [1.54, 1.807) is 0 Å². The molecule has 0 saturated carbocycles. The number of hydrogen-bond donors (Lipinski definition) is 2. The van der Waals surface area contributed by atoms with Gasteiger partial charge in [0.1, 0.15) is 5.52 Å². The quantitative estimate of drug-likeness (QED) is 0.633. The minimum absolute atomic E-state index is 0.833. The standard InChI is InChI=1S/C6H5N3.C2H4O2/c1-2-4-6-5(3-1)7-9-8-6;1-2(3)4/h1-4H,(H,7,8,9);1H3,(H,3,4). The first-order valence-electron chi connectivity index (χ1n) is 3.65. The van der Waals surface area contributed by atoms with E-state index in [1.165, 1.54) is 0 Å². The van der Waals surface area contributed by atoms with Gasteiger partial charge >= 0.3 is 0 Å². The van der Waals surface area contributed by atoms with Gasteiger partial charge < -0.3 is 5.11 Å². The molecule has 0 aliphatic heterocycles. The van der Waals surface area contributed by atoms with Gasteiger partial charge in [-0.2, -0.15) is 0 Å². The Morgan fingerprint density at radius 2 is 2.08 bits per heavy atom. The van der Waals surface area contributed by atoms with Gasteiger partial charge in [0, 0.05) is 6.92 Å². The van der Waals surface area contributed by atoms with E-state index in [0.717, 1.165) is 18.0 Å². The molecule has 2 N–H and O–H groups in total. The molecule has 0 aliphatic carbocycles. The first-order valence-corrected chi connectivity index (χ1v) is 3.65. The molecular formula is C8H9N3O2. The average molecular weight is 179 g/mol. The highest BCUT2D eigenvalue weighted by atomic mass is 16.4. The summed E-state index contributed by atoms with van der Waals surface area (Å²) in [5, 5.41) is 17.6. The van der Waals surface area contributed by atoms with Gasteiger partial charge in [-0.3, -0.25) is 9.89 Å². The first-order chi connectivity index (χ1) is 6.20. The van der Waals surface area contributed by atoms with Crippen LogP contribution in [0.2, 0.25) is 0 Å². The molecule has 0 bridgehead atoms. The van der Waals surface area contributed by atoms with Crippen molar-refractivity contribution in [3.05, 3.63) is 24.3 Å². The summed E-state index contributed by atoms with van der Waals surface area (Å²) in [6.07, 6.45) is 0. The predicted octanol–water partition coefficient (Wildman–Crippen LogP) is 1.05. The Kier molecular flexibility index (Phi) is 2.97. The molecule has 0 atom stereocenters. The predicted molar refractivity (Wildman–Crippen MR) is 47.2 cm³/mol. The van der Waals surface area contributed by atoms with E-state index in [0.29, 0.717) is 0 Å². The lowest BCUT2D eigenvalue weighted by molar-refractivity contribution is -0.134. The van der Waals surface area contributed by atoms with Gasteiger partial charge in [-0.05, 0) is 12.1 Å². The summed E-state index contributed by atoms with van der Waals surface area (Å²) in [5.74, 6) is -0.833. The van der Waals surface area contributed by atoms with E-state index < -0.39 is 5.97 Å². The number of H-pyrrole nitrogens is 1. The minimum Gasteiger partial charge on any atom is -0.481 e. The minimum atomic E-state index is -0.833. The molecule has 68 valence electrons. The van der Waals surface area contributed by atoms with Crippen LogP contribution < -0.4 is 0 Å². The third-order valence-corrected chi connectivity index (χ3v) is 1.23. The molecule has 1 aromatic heterocycles. The van der Waals surface area contributed by atoms with Crippen LogP contribution in [0.1, 0.15) is 6.92 Å². The maximum absolute atomic E-state index is 9.00. The Morgan fingerprint density at radius 3 is 2.69 bits per heavy atom. The normalized spacial score (nSPS) is 9.00. The van der Waals surface area contributed by atoms with Crippen molar-refractivity contribution in [1.82, 2.24) is 15.4 Å². The zero-order valence-corrected chi connectivity index (χ0v) is 7.06. The number of carbonyl (C=O) groups is 1. The summed E-state index contributed by atoms with van der Waals surface area (Å²) in [6.45, 7) is 1.08. The molecule has 5 heteroatoms. The van der Waals surface area contributed by atoms with Crippen LogP contribution in [0.15, 0.2) is 24.3 Å². The summed E-state index contributed by atoms with van der Waals surface area (Å²) in [4.78, 5) is 9.00. The molecule has 0 unspecified atom stereocenters. The van der Waals surface area contributed by atoms with Gasteiger partial charge in [-0.1, -0.05) is 17.3 Å². The molecular weight excluding hydrogens is 170 g/mol. The topological polar surface area (TPSA) is 78.9 Å². The Morgan fingerprint density at radius 1 is 1.46 bits per heavy atom. The zero-order valence-electron chi connectivity index (χ0n) is 7.06. The van der Waals surface area contributed by atoms with Crippen molar-refractivity contribution < 1.29 is 9.90 Å². The third kappa shape index (κ3) is 2.90. The summed E-state index contributed by atoms with van der Waals surface area (Å²) in [5.41, 5.74) is 1.90. The highest BCUT2D eigenvalue weighted by molar-refractivity contribution is 5.72. The maximum atomic E-state index is 9.00. The van der Waals surface area contributed by atoms with Crippen LogP contribution in [-0.2, 0) is 4.79 Å². The SMILES string of the molecule is CC(=O)O.c1ccc2[nH]nnc2c1. The summed E-state index contributed by atoms with van der Waals surface area (Å²) < 4.78 is 0. The molecule has 0 saturated heterocycles. The fraction of sp³-hybridized carbons (Fsp3) is 0.125. The second-order valence-corrected chi connectivity index (χ2v) is 2.35. The van der Waals surface area contributed by atoms with Gasteiger partial charge in [0.25, 0.3) is 5.97 Å². The number of aromatic amines is 1. The average Bonchev–Trinajstić information content (AvgIpc) is 2.49. The molecule has 0 aliphatic rings. The zero-order chi connectivity index (χ0) is 9.68. The number of hydrogen-bond acceptors (Lipinski definition) is 3. The van der Waals surface area contributed by atoms with E-state index >= 15 is 0 Å². The van der Waals surface area contributed by atoms with Crippen molar-refractivity contribution in [2.75, 3.05) is 0 Å². The first kappa shape index (κ1) is 9.18. The number of nitrogens with one attached hydrogen (secondary N) is 1. The van der Waals surface area contributed by atoms with Crippen molar-refractivity contribution in [3.63, 3.8) is 0 Å². The molecule has 2 rings (SSSR count). The molecule has 0 fully saturated rings. The number of carboxylic acids is 1. The fourth-order valence-corrected chi connectivity index (χ4v) is 0.788. The van der Waals surface area contributed by atoms with Gasteiger partial charge in [-0.15, -0.1) is 5.10 Å². The van der Waals surface area contributed by atoms with Gasteiger partial charge in [0.2, 0.25) is 0 Å². The smallest absolute Gasteiger partial charge is 0.300 e. The maximum Gasteiger partial charge on any atom is 0.300 e. The van der Waals surface area contributed by atoms with E-state index in [-0.39, 0.29) is 0 Å². The largest absolute Gasteiger partial charge is 0.481 e. The highest BCUT2D eigenvalue weighted by Gasteiger charge is 1.90. The number of fused-ring (bicyclic) bond motifs is 1. The molecule has 1 heterocycles. The summed E-state index contributed by atoms with van der Waals surface area (Å²) >= 11 is 0. The van der Waals surface area contributed by atoms with Crippen LogP contribution in [0, 0.1) is 0 Å². The van der Waals surface area contributed by atoms with Gasteiger partial charge in [0.05, 0.1) is 5.52 Å². The fourth-order valence-electron chi connectivity index (χ4n) is 0.788. The number of aliphatic carboxylic acids is 1. The van der Waals surface area contributed by atoms with Crippen LogP contribution in [0.3, 0.4) is 0 Å². The molecule has 0 spiro atoms. The number of para-hydroxylation sites is 1. The molecule has 1 aromatic carbocycles. The van der Waals surface area contributed by atoms with E-state index in [1.807, 2.05) is 24.3 Å². The van der Waals surface area contributed by atoms with Gasteiger partial charge in [0.15, 0.2) is 0 Å². The van der Waals surface area contributed by atoms with Crippen LogP contribution >= 0.6 is 0 Å². The van der Waals surface area contributed by atoms with Crippen LogP contribution in [-0.4, -0.2) is 26.5 Å². The van der Waals surface area contributed by atoms with E-state index in [4.69, 9.17) is 9.90 Å². The van der Waals surface area contributed by atoms with Crippen LogP contribution in [0.5, 0.6) is 0 Å². The molecule has 0 radical (unpaired) electrons. The lowest BCUT2D eigenvalue weighted by Crippen LogP contribution is -1.78. The number of aromatic nitrogens is 3. The second kappa shape index (κ2) is 4.20. The van der Waals surface area contributed by atoms with Crippen molar-refractivity contribution in [2.24, 2.45) is 0 Å². The van der Waals surface area contributed by atoms with E-state index in [2.05, 4.69) is 15.4 Å². The van der Waals surface area contributed by atoms with Crippen molar-refractivity contribution in [1.29, 1.82) is 0 Å². The number of rotatable bonds is 0. The Labute approximate surface area is 74.4 Å². The Balaban J connectivity index is 0.000000184. The van der Waals surface area contributed by atoms with Gasteiger partial charge in [-0.25, -0.2) is 0 Å². The highest BCUT2D eigenvalue weighted by Crippen LogP contribution is 2.03. The Hall–Kier alpha value is -1.91. The number of nitrogens with zero attached hydrogens (tertiary/aromatic N) is 2. The lowest BCUT2D eigenvalue weighted by atomic mass is 10.3. The third-order valence-electron chi connectivity index (χ3n) is 1.23. The number of carboxylic acid groups (broad SMARTS) is 1. The van der Waals surface area contributed by atoms with E-state index in [9.17, 15) is 0 Å². The number of benzene rings is 1. The molecule has 5 nitrogen and oxygen atoms in total. The molecule has 2 aromatic rings. The molecule has 0 amide bonds. The lowest BCUT2D eigenvalue weighted by Gasteiger charge is -1.79. The van der Waals surface area contributed by atoms with Crippen LogP contribution in [0.4, 0.5) is 0 Å². The van der Waals surface area contributed by atoms with Crippen molar-refractivity contribution in [3.8, 4) is 0 Å². The summed E-state index contributed by atoms with van der Waals surface area (Å²) in [6, 6.07) is 7.74. The summed E-state index contributed by atoms with van der Waals surface area (Å²) in [7, 11) is 0. The monoisotopic (exact) mass is 179 g/mol. The Bertz CT molecular complexity index is 363. The van der Waals surface area contributed by atoms with Crippen molar-refractivity contribution >= 4 is 17.0 Å². The second-order valence-electron chi connectivity index (χ2n) is 2.35. The van der Waals surface area contributed by atoms with Crippen molar-refractivity contribution in [2.45, 2.75) is 6.92 Å². The molecule has 13 heavy (non-hydrogen) atoms.